The van der Waals surface area contributed by atoms with Gasteiger partial charge in [0, 0.05) is 12.1 Å². The van der Waals surface area contributed by atoms with Crippen LogP contribution in [0.1, 0.15) is 21.0 Å². The highest BCUT2D eigenvalue weighted by Crippen LogP contribution is 2.23. The fourth-order valence-electron chi connectivity index (χ4n) is 2.54. The van der Waals surface area contributed by atoms with Crippen LogP contribution in [0.5, 0.6) is 11.5 Å². The molecular formula is C20H17NO9. The minimum Gasteiger partial charge on any atom is -0.491 e. The lowest BCUT2D eigenvalue weighted by atomic mass is 10.2. The van der Waals surface area contributed by atoms with Crippen molar-refractivity contribution in [2.45, 2.75) is 0 Å². The van der Waals surface area contributed by atoms with Crippen LogP contribution in [-0.2, 0) is 4.74 Å². The summed E-state index contributed by atoms with van der Waals surface area (Å²) < 4.78 is 21.4. The van der Waals surface area contributed by atoms with Crippen LogP contribution in [0.4, 0.5) is 0 Å². The van der Waals surface area contributed by atoms with Crippen LogP contribution >= 0.6 is 0 Å². The topological polar surface area (TPSA) is 145 Å². The summed E-state index contributed by atoms with van der Waals surface area (Å²) in [5.41, 5.74) is -0.956. The number of nitrogens with zero attached hydrogens (tertiary/aromatic N) is 1. The number of para-hydroxylation sites is 1. The molecule has 0 fully saturated rings. The normalized spacial score (nSPS) is 10.7. The number of carbonyl (C=O) groups is 2. The first-order valence-corrected chi connectivity index (χ1v) is 8.79. The molecular weight excluding hydrogens is 398 g/mol. The fraction of sp³-hybridized carbons (Fsp3) is 0.200. The van der Waals surface area contributed by atoms with Gasteiger partial charge in [0.2, 0.25) is 0 Å². The minimum absolute atomic E-state index is 0.0555. The molecule has 0 radical (unpaired) electrons. The average Bonchev–Trinajstić information content (AvgIpc) is 2.72. The van der Waals surface area contributed by atoms with Gasteiger partial charge in [0.1, 0.15) is 30.3 Å². The Labute approximate surface area is 169 Å². The quantitative estimate of drug-likeness (QED) is 0.373. The number of fused-ring (bicyclic) bond motifs is 1. The molecule has 10 heteroatoms. The molecule has 0 aliphatic heterocycles. The number of pyridine rings is 1. The molecule has 0 saturated heterocycles. The van der Waals surface area contributed by atoms with Gasteiger partial charge in [0.25, 0.3) is 0 Å². The number of hydrogen-bond acceptors (Lipinski definition) is 8. The maximum atomic E-state index is 11.6. The molecule has 10 nitrogen and oxygen atoms in total. The van der Waals surface area contributed by atoms with Crippen LogP contribution in [0.2, 0.25) is 0 Å². The first-order chi connectivity index (χ1) is 14.4. The van der Waals surface area contributed by atoms with Crippen molar-refractivity contribution in [1.29, 1.82) is 0 Å². The Morgan fingerprint density at radius 3 is 2.20 bits per heavy atom. The number of benzene rings is 1. The summed E-state index contributed by atoms with van der Waals surface area (Å²) in [7, 11) is 0. The lowest BCUT2D eigenvalue weighted by molar-refractivity contribution is 0.0679. The minimum atomic E-state index is -1.36. The Morgan fingerprint density at radius 1 is 0.900 bits per heavy atom. The molecule has 3 rings (SSSR count). The van der Waals surface area contributed by atoms with E-state index < -0.39 is 29.0 Å². The number of carboxylic acids is 2. The van der Waals surface area contributed by atoms with E-state index in [1.54, 1.807) is 24.3 Å². The summed E-state index contributed by atoms with van der Waals surface area (Å²) >= 11 is 0. The summed E-state index contributed by atoms with van der Waals surface area (Å²) in [5, 5.41) is 18.6. The van der Waals surface area contributed by atoms with E-state index in [-0.39, 0.29) is 32.2 Å². The Morgan fingerprint density at radius 2 is 1.53 bits per heavy atom. The maximum absolute atomic E-state index is 11.6. The van der Waals surface area contributed by atoms with Crippen molar-refractivity contribution >= 4 is 22.9 Å². The van der Waals surface area contributed by atoms with Gasteiger partial charge in [-0.25, -0.2) is 19.4 Å². The van der Waals surface area contributed by atoms with E-state index in [9.17, 15) is 14.4 Å². The van der Waals surface area contributed by atoms with Crippen molar-refractivity contribution in [2.24, 2.45) is 0 Å². The summed E-state index contributed by atoms with van der Waals surface area (Å²) in [6.07, 6.45) is 0. The van der Waals surface area contributed by atoms with E-state index in [2.05, 4.69) is 4.98 Å². The van der Waals surface area contributed by atoms with E-state index in [0.717, 1.165) is 12.1 Å². The third-order valence-corrected chi connectivity index (χ3v) is 3.83. The Kier molecular flexibility index (Phi) is 6.60. The molecule has 2 aromatic heterocycles. The van der Waals surface area contributed by atoms with Gasteiger partial charge in [0.05, 0.1) is 24.7 Å². The predicted octanol–water partition coefficient (Wildman–Crippen LogP) is 2.06. The van der Waals surface area contributed by atoms with Crippen molar-refractivity contribution in [2.75, 3.05) is 26.4 Å². The summed E-state index contributed by atoms with van der Waals surface area (Å²) in [5.74, 6) is -2.28. The number of carboxylic acid groups (broad SMARTS) is 2. The van der Waals surface area contributed by atoms with Crippen LogP contribution in [0.3, 0.4) is 0 Å². The van der Waals surface area contributed by atoms with Gasteiger partial charge in [-0.05, 0) is 12.1 Å². The molecule has 156 valence electrons. The Balaban J connectivity index is 1.46. The number of rotatable bonds is 10. The second kappa shape index (κ2) is 9.52. The molecule has 1 aromatic carbocycles. The van der Waals surface area contributed by atoms with Gasteiger partial charge >= 0.3 is 17.6 Å². The molecule has 30 heavy (non-hydrogen) atoms. The molecule has 0 bridgehead atoms. The summed E-state index contributed by atoms with van der Waals surface area (Å²) in [6, 6.07) is 10.5. The SMILES string of the molecule is O=C(O)c1cc(OCCOCCOc2cc(=O)oc3ccccc23)cc(C(=O)O)n1. The third-order valence-electron chi connectivity index (χ3n) is 3.83. The van der Waals surface area contributed by atoms with Crippen LogP contribution in [0, 0.1) is 0 Å². The second-order valence-corrected chi connectivity index (χ2v) is 5.92. The molecule has 2 N–H and O–H groups in total. The van der Waals surface area contributed by atoms with Crippen LogP contribution in [0.15, 0.2) is 51.7 Å². The van der Waals surface area contributed by atoms with Gasteiger partial charge in [0.15, 0.2) is 11.4 Å². The molecule has 0 atom stereocenters. The molecule has 0 saturated carbocycles. The van der Waals surface area contributed by atoms with Crippen molar-refractivity contribution < 1.29 is 38.4 Å². The van der Waals surface area contributed by atoms with Crippen LogP contribution in [0.25, 0.3) is 11.0 Å². The van der Waals surface area contributed by atoms with E-state index in [1.807, 2.05) is 0 Å². The predicted molar refractivity (Wildman–Crippen MR) is 102 cm³/mol. The highest BCUT2D eigenvalue weighted by molar-refractivity contribution is 5.90. The van der Waals surface area contributed by atoms with Gasteiger partial charge < -0.3 is 28.8 Å². The summed E-state index contributed by atoms with van der Waals surface area (Å²) in [4.78, 5) is 37.1. The molecule has 2 heterocycles. The molecule has 0 amide bonds. The summed E-state index contributed by atoms with van der Waals surface area (Å²) in [6.45, 7) is 0.582. The van der Waals surface area contributed by atoms with Crippen molar-refractivity contribution in [3.63, 3.8) is 0 Å². The zero-order chi connectivity index (χ0) is 21.5. The lowest BCUT2D eigenvalue weighted by Crippen LogP contribution is -2.14. The third kappa shape index (κ3) is 5.32. The van der Waals surface area contributed by atoms with Crippen molar-refractivity contribution in [1.82, 2.24) is 4.98 Å². The average molecular weight is 415 g/mol. The first-order valence-electron chi connectivity index (χ1n) is 8.79. The second-order valence-electron chi connectivity index (χ2n) is 5.92. The number of hydrogen-bond donors (Lipinski definition) is 2. The highest BCUT2D eigenvalue weighted by Gasteiger charge is 2.14. The molecule has 0 spiro atoms. The largest absolute Gasteiger partial charge is 0.491 e. The number of aromatic carboxylic acids is 2. The smallest absolute Gasteiger partial charge is 0.354 e. The van der Waals surface area contributed by atoms with Crippen LogP contribution in [-0.4, -0.2) is 53.6 Å². The van der Waals surface area contributed by atoms with Gasteiger partial charge in [-0.2, -0.15) is 0 Å². The first kappa shape index (κ1) is 20.8. The molecule has 0 aliphatic carbocycles. The van der Waals surface area contributed by atoms with Gasteiger partial charge in [-0.1, -0.05) is 12.1 Å². The van der Waals surface area contributed by atoms with E-state index >= 15 is 0 Å². The van der Waals surface area contributed by atoms with Crippen molar-refractivity contribution in [3.8, 4) is 11.5 Å². The number of aromatic nitrogens is 1. The lowest BCUT2D eigenvalue weighted by Gasteiger charge is -2.10. The highest BCUT2D eigenvalue weighted by atomic mass is 16.5. The fourth-order valence-corrected chi connectivity index (χ4v) is 2.54. The van der Waals surface area contributed by atoms with Gasteiger partial charge in [-0.3, -0.25) is 0 Å². The van der Waals surface area contributed by atoms with E-state index in [1.165, 1.54) is 6.07 Å². The maximum Gasteiger partial charge on any atom is 0.354 e. The monoisotopic (exact) mass is 415 g/mol. The van der Waals surface area contributed by atoms with Crippen LogP contribution < -0.4 is 15.1 Å². The molecule has 0 unspecified atom stereocenters. The Bertz CT molecular complexity index is 1090. The van der Waals surface area contributed by atoms with E-state index in [4.69, 9.17) is 28.8 Å². The standard InChI is InChI=1S/C20H17NO9/c22-18-11-17(13-3-1-2-4-16(13)30-18)29-8-6-27-5-7-28-12-9-14(19(23)24)21-15(10-12)20(25)26/h1-4,9-11H,5-8H2,(H,23,24)(H,25,26). The van der Waals surface area contributed by atoms with E-state index in [0.29, 0.717) is 16.7 Å². The molecule has 3 aromatic rings. The van der Waals surface area contributed by atoms with Crippen molar-refractivity contribution in [3.05, 3.63) is 64.3 Å². The Hall–Kier alpha value is -3.92. The zero-order valence-corrected chi connectivity index (χ0v) is 15.6. The number of ether oxygens (including phenoxy) is 3. The zero-order valence-electron chi connectivity index (χ0n) is 15.6. The van der Waals surface area contributed by atoms with Gasteiger partial charge in [-0.15, -0.1) is 0 Å². The molecule has 0 aliphatic rings.